The molecule has 0 amide bonds. The van der Waals surface area contributed by atoms with Gasteiger partial charge in [0.25, 0.3) is 0 Å². The van der Waals surface area contributed by atoms with Crippen LogP contribution in [-0.4, -0.2) is 14.5 Å². The van der Waals surface area contributed by atoms with Gasteiger partial charge in [-0.05, 0) is 38.0 Å². The third kappa shape index (κ3) is 3.35. The van der Waals surface area contributed by atoms with Crippen molar-refractivity contribution < 1.29 is 8.42 Å². The van der Waals surface area contributed by atoms with Crippen LogP contribution in [0.15, 0.2) is 17.0 Å². The zero-order chi connectivity index (χ0) is 13.2. The second kappa shape index (κ2) is 5.57. The van der Waals surface area contributed by atoms with Crippen molar-refractivity contribution in [2.24, 2.45) is 0 Å². The highest BCUT2D eigenvalue weighted by Gasteiger charge is 2.21. The summed E-state index contributed by atoms with van der Waals surface area (Å²) in [4.78, 5) is 0.0707. The van der Waals surface area contributed by atoms with E-state index in [1.807, 2.05) is 6.92 Å². The number of rotatable bonds is 4. The van der Waals surface area contributed by atoms with Gasteiger partial charge in [0.05, 0.1) is 5.02 Å². The van der Waals surface area contributed by atoms with Crippen LogP contribution in [0, 0.1) is 6.92 Å². The van der Waals surface area contributed by atoms with Crippen molar-refractivity contribution in [3.63, 3.8) is 0 Å². The minimum absolute atomic E-state index is 0.0707. The first-order chi connectivity index (χ1) is 7.79. The molecular formula is C11H15Cl2NO2S. The van der Waals surface area contributed by atoms with E-state index in [2.05, 4.69) is 4.72 Å². The van der Waals surface area contributed by atoms with E-state index in [4.69, 9.17) is 23.2 Å². The van der Waals surface area contributed by atoms with Crippen LogP contribution in [0.2, 0.25) is 10.0 Å². The van der Waals surface area contributed by atoms with E-state index in [0.717, 1.165) is 0 Å². The lowest BCUT2D eigenvalue weighted by molar-refractivity contribution is 0.556. The maximum atomic E-state index is 12.0. The molecular weight excluding hydrogens is 281 g/mol. The Morgan fingerprint density at radius 3 is 2.47 bits per heavy atom. The first-order valence-corrected chi connectivity index (χ1v) is 7.50. The van der Waals surface area contributed by atoms with Crippen LogP contribution in [0.5, 0.6) is 0 Å². The third-order valence-electron chi connectivity index (χ3n) is 2.54. The molecule has 0 saturated carbocycles. The minimum Gasteiger partial charge on any atom is -0.208 e. The first kappa shape index (κ1) is 14.8. The molecule has 0 unspecified atom stereocenters. The SMILES string of the molecule is CC[C@@H](C)NS(=O)(=O)c1ccc(Cl)c(C)c1Cl. The highest BCUT2D eigenvalue weighted by molar-refractivity contribution is 7.89. The summed E-state index contributed by atoms with van der Waals surface area (Å²) >= 11 is 11.9. The summed E-state index contributed by atoms with van der Waals surface area (Å²) in [5.41, 5.74) is 0.570. The molecule has 0 fully saturated rings. The molecule has 17 heavy (non-hydrogen) atoms. The van der Waals surface area contributed by atoms with Crippen molar-refractivity contribution in [1.82, 2.24) is 4.72 Å². The Kier molecular flexibility index (Phi) is 4.84. The summed E-state index contributed by atoms with van der Waals surface area (Å²) in [7, 11) is -3.58. The van der Waals surface area contributed by atoms with Crippen molar-refractivity contribution in [2.75, 3.05) is 0 Å². The average Bonchev–Trinajstić information content (AvgIpc) is 2.24. The Bertz CT molecular complexity index is 514. The van der Waals surface area contributed by atoms with Crippen molar-refractivity contribution in [2.45, 2.75) is 38.1 Å². The lowest BCUT2D eigenvalue weighted by Crippen LogP contribution is -2.32. The fraction of sp³-hybridized carbons (Fsp3) is 0.455. The Labute approximate surface area is 112 Å². The minimum atomic E-state index is -3.58. The molecule has 1 aromatic rings. The Hall–Kier alpha value is -0.290. The molecule has 96 valence electrons. The molecule has 1 aromatic carbocycles. The zero-order valence-corrected chi connectivity index (χ0v) is 12.2. The van der Waals surface area contributed by atoms with Crippen LogP contribution >= 0.6 is 23.2 Å². The molecule has 0 saturated heterocycles. The molecule has 1 N–H and O–H groups in total. The fourth-order valence-corrected chi connectivity index (χ4v) is 3.39. The first-order valence-electron chi connectivity index (χ1n) is 5.26. The van der Waals surface area contributed by atoms with Gasteiger partial charge >= 0.3 is 0 Å². The number of halogens is 2. The predicted octanol–water partition coefficient (Wildman–Crippen LogP) is 3.38. The maximum absolute atomic E-state index is 12.0. The second-order valence-corrected chi connectivity index (χ2v) is 6.38. The number of sulfonamides is 1. The summed E-state index contributed by atoms with van der Waals surface area (Å²) in [6.07, 6.45) is 0.712. The van der Waals surface area contributed by atoms with Crippen molar-refractivity contribution >= 4 is 33.2 Å². The van der Waals surface area contributed by atoms with E-state index in [-0.39, 0.29) is 16.0 Å². The highest BCUT2D eigenvalue weighted by atomic mass is 35.5. The highest BCUT2D eigenvalue weighted by Crippen LogP contribution is 2.30. The molecule has 0 bridgehead atoms. The van der Waals surface area contributed by atoms with Crippen LogP contribution in [0.3, 0.4) is 0 Å². The van der Waals surface area contributed by atoms with Crippen LogP contribution in [-0.2, 0) is 10.0 Å². The number of hydrogen-bond acceptors (Lipinski definition) is 2. The van der Waals surface area contributed by atoms with E-state index < -0.39 is 10.0 Å². The largest absolute Gasteiger partial charge is 0.242 e. The Morgan fingerprint density at radius 1 is 1.35 bits per heavy atom. The van der Waals surface area contributed by atoms with Gasteiger partial charge in [0, 0.05) is 11.1 Å². The van der Waals surface area contributed by atoms with Crippen LogP contribution in [0.4, 0.5) is 0 Å². The molecule has 6 heteroatoms. The Morgan fingerprint density at radius 2 is 1.94 bits per heavy atom. The van der Waals surface area contributed by atoms with E-state index in [1.165, 1.54) is 12.1 Å². The molecule has 0 heterocycles. The van der Waals surface area contributed by atoms with Crippen molar-refractivity contribution in [1.29, 1.82) is 0 Å². The normalized spacial score (nSPS) is 13.7. The molecule has 0 aromatic heterocycles. The maximum Gasteiger partial charge on any atom is 0.242 e. The Balaban J connectivity index is 3.21. The van der Waals surface area contributed by atoms with Crippen LogP contribution in [0.1, 0.15) is 25.8 Å². The summed E-state index contributed by atoms with van der Waals surface area (Å²) in [5, 5.41) is 0.630. The van der Waals surface area contributed by atoms with Gasteiger partial charge in [-0.1, -0.05) is 30.1 Å². The topological polar surface area (TPSA) is 46.2 Å². The lowest BCUT2D eigenvalue weighted by atomic mass is 10.2. The molecule has 0 aliphatic carbocycles. The number of nitrogens with one attached hydrogen (secondary N) is 1. The molecule has 1 atom stereocenters. The van der Waals surface area contributed by atoms with Gasteiger partial charge in [-0.2, -0.15) is 0 Å². The van der Waals surface area contributed by atoms with Gasteiger partial charge < -0.3 is 0 Å². The van der Waals surface area contributed by atoms with Crippen LogP contribution < -0.4 is 4.72 Å². The summed E-state index contributed by atoms with van der Waals surface area (Å²) < 4.78 is 26.6. The van der Waals surface area contributed by atoms with E-state index in [1.54, 1.807) is 13.8 Å². The van der Waals surface area contributed by atoms with Gasteiger partial charge in [-0.25, -0.2) is 13.1 Å². The van der Waals surface area contributed by atoms with E-state index >= 15 is 0 Å². The molecule has 1 rings (SSSR count). The van der Waals surface area contributed by atoms with Crippen molar-refractivity contribution in [3.05, 3.63) is 27.7 Å². The van der Waals surface area contributed by atoms with Gasteiger partial charge in [-0.15, -0.1) is 0 Å². The average molecular weight is 296 g/mol. The van der Waals surface area contributed by atoms with Gasteiger partial charge in [0.2, 0.25) is 10.0 Å². The molecule has 0 aliphatic rings. The van der Waals surface area contributed by atoms with Gasteiger partial charge in [0.1, 0.15) is 4.90 Å². The number of benzene rings is 1. The van der Waals surface area contributed by atoms with Gasteiger partial charge in [0.15, 0.2) is 0 Å². The third-order valence-corrected chi connectivity index (χ3v) is 5.18. The molecule has 3 nitrogen and oxygen atoms in total. The summed E-state index contributed by atoms with van der Waals surface area (Å²) in [6, 6.07) is 2.82. The van der Waals surface area contributed by atoms with Gasteiger partial charge in [-0.3, -0.25) is 0 Å². The zero-order valence-electron chi connectivity index (χ0n) is 9.92. The second-order valence-electron chi connectivity index (χ2n) is 3.92. The molecule has 0 aliphatic heterocycles. The summed E-state index contributed by atoms with van der Waals surface area (Å²) in [6.45, 7) is 5.39. The summed E-state index contributed by atoms with van der Waals surface area (Å²) in [5.74, 6) is 0. The van der Waals surface area contributed by atoms with E-state index in [9.17, 15) is 8.42 Å². The number of hydrogen-bond donors (Lipinski definition) is 1. The molecule has 0 radical (unpaired) electrons. The molecule has 0 spiro atoms. The quantitative estimate of drug-likeness (QED) is 0.926. The fourth-order valence-electron chi connectivity index (χ4n) is 1.26. The monoisotopic (exact) mass is 295 g/mol. The predicted molar refractivity (Wildman–Crippen MR) is 71.3 cm³/mol. The standard InChI is InChI=1S/C11H15Cl2NO2S/c1-4-7(2)14-17(15,16)10-6-5-9(12)8(3)11(10)13/h5-7,14H,4H2,1-3H3/t7-/m1/s1. The lowest BCUT2D eigenvalue weighted by Gasteiger charge is -2.14. The smallest absolute Gasteiger partial charge is 0.208 e. The van der Waals surface area contributed by atoms with E-state index in [0.29, 0.717) is 17.0 Å². The van der Waals surface area contributed by atoms with Crippen LogP contribution in [0.25, 0.3) is 0 Å². The van der Waals surface area contributed by atoms with Crippen molar-refractivity contribution in [3.8, 4) is 0 Å².